The first-order valence-corrected chi connectivity index (χ1v) is 7.38. The van der Waals surface area contributed by atoms with Crippen molar-refractivity contribution in [3.05, 3.63) is 11.9 Å². The van der Waals surface area contributed by atoms with E-state index in [0.717, 1.165) is 0 Å². The number of aromatic amines is 1. The molecule has 0 radical (unpaired) electrons. The van der Waals surface area contributed by atoms with E-state index in [-0.39, 0.29) is 38.0 Å². The SMILES string of the molecule is CO[C@@H]1CN(C(=O)NC2(C(F)(F)F)CCC2)C[C@H]1c1cn[nH]n1. The summed E-state index contributed by atoms with van der Waals surface area (Å²) in [5, 5.41) is 12.4. The number of H-pyrrole nitrogens is 1. The minimum atomic E-state index is -4.44. The third kappa shape index (κ3) is 2.75. The fraction of sp³-hybridized carbons (Fsp3) is 0.769. The zero-order valence-electron chi connectivity index (χ0n) is 12.6. The fourth-order valence-corrected chi connectivity index (χ4v) is 3.15. The first-order chi connectivity index (χ1) is 10.9. The Balaban J connectivity index is 1.69. The van der Waals surface area contributed by atoms with E-state index in [4.69, 9.17) is 4.74 Å². The molecule has 0 aromatic carbocycles. The predicted octanol–water partition coefficient (Wildman–Crippen LogP) is 1.41. The minimum Gasteiger partial charge on any atom is -0.379 e. The van der Waals surface area contributed by atoms with Gasteiger partial charge in [-0.05, 0) is 19.3 Å². The first kappa shape index (κ1) is 16.0. The van der Waals surface area contributed by atoms with Gasteiger partial charge in [0.05, 0.1) is 23.9 Å². The maximum Gasteiger partial charge on any atom is 0.411 e. The molecule has 0 bridgehead atoms. The van der Waals surface area contributed by atoms with Crippen LogP contribution in [0.25, 0.3) is 0 Å². The van der Waals surface area contributed by atoms with E-state index >= 15 is 0 Å². The van der Waals surface area contributed by atoms with E-state index < -0.39 is 17.7 Å². The van der Waals surface area contributed by atoms with Gasteiger partial charge in [0, 0.05) is 20.2 Å². The summed E-state index contributed by atoms with van der Waals surface area (Å²) in [7, 11) is 1.50. The Morgan fingerprint density at radius 2 is 2.22 bits per heavy atom. The molecule has 1 saturated carbocycles. The lowest BCUT2D eigenvalue weighted by atomic mass is 9.76. The number of carbonyl (C=O) groups is 1. The summed E-state index contributed by atoms with van der Waals surface area (Å²) in [4.78, 5) is 13.6. The van der Waals surface area contributed by atoms with Crippen LogP contribution in [-0.2, 0) is 4.74 Å². The van der Waals surface area contributed by atoms with Gasteiger partial charge in [-0.3, -0.25) is 0 Å². The highest BCUT2D eigenvalue weighted by atomic mass is 19.4. The van der Waals surface area contributed by atoms with Crippen molar-refractivity contribution in [2.24, 2.45) is 0 Å². The highest BCUT2D eigenvalue weighted by molar-refractivity contribution is 5.76. The second kappa shape index (κ2) is 5.66. The van der Waals surface area contributed by atoms with Crippen LogP contribution in [-0.4, -0.2) is 64.4 Å². The first-order valence-electron chi connectivity index (χ1n) is 7.38. The smallest absolute Gasteiger partial charge is 0.379 e. The summed E-state index contributed by atoms with van der Waals surface area (Å²) in [6.45, 7) is 0.457. The van der Waals surface area contributed by atoms with Crippen LogP contribution in [0.15, 0.2) is 6.20 Å². The topological polar surface area (TPSA) is 83.1 Å². The zero-order valence-corrected chi connectivity index (χ0v) is 12.6. The Kier molecular flexibility index (Phi) is 3.95. The predicted molar refractivity (Wildman–Crippen MR) is 72.7 cm³/mol. The van der Waals surface area contributed by atoms with E-state index in [1.807, 2.05) is 0 Å². The molecule has 128 valence electrons. The van der Waals surface area contributed by atoms with Crippen LogP contribution in [0, 0.1) is 0 Å². The van der Waals surface area contributed by atoms with Crippen molar-refractivity contribution >= 4 is 6.03 Å². The number of halogens is 3. The van der Waals surface area contributed by atoms with Gasteiger partial charge in [0.25, 0.3) is 0 Å². The molecule has 2 atom stereocenters. The van der Waals surface area contributed by atoms with E-state index in [1.165, 1.54) is 18.2 Å². The van der Waals surface area contributed by atoms with Gasteiger partial charge in [0.2, 0.25) is 0 Å². The molecule has 0 unspecified atom stereocenters. The fourth-order valence-electron chi connectivity index (χ4n) is 3.15. The molecule has 1 aliphatic heterocycles. The number of hydrogen-bond acceptors (Lipinski definition) is 4. The van der Waals surface area contributed by atoms with E-state index in [2.05, 4.69) is 20.7 Å². The number of nitrogens with zero attached hydrogens (tertiary/aromatic N) is 3. The van der Waals surface area contributed by atoms with Crippen LogP contribution >= 0.6 is 0 Å². The van der Waals surface area contributed by atoms with E-state index in [0.29, 0.717) is 12.1 Å². The lowest BCUT2D eigenvalue weighted by Crippen LogP contribution is -2.64. The number of rotatable bonds is 3. The lowest BCUT2D eigenvalue weighted by molar-refractivity contribution is -0.215. The van der Waals surface area contributed by atoms with Gasteiger partial charge in [-0.25, -0.2) is 4.79 Å². The van der Waals surface area contributed by atoms with Crippen molar-refractivity contribution in [2.75, 3.05) is 20.2 Å². The highest BCUT2D eigenvalue weighted by Crippen LogP contribution is 2.45. The average Bonchev–Trinajstić information content (AvgIpc) is 3.08. The van der Waals surface area contributed by atoms with Gasteiger partial charge in [-0.2, -0.15) is 28.6 Å². The van der Waals surface area contributed by atoms with Crippen LogP contribution in [0.4, 0.5) is 18.0 Å². The Morgan fingerprint density at radius 3 is 2.70 bits per heavy atom. The number of nitrogens with one attached hydrogen (secondary N) is 2. The summed E-state index contributed by atoms with van der Waals surface area (Å²) in [5.41, 5.74) is -1.46. The van der Waals surface area contributed by atoms with Crippen molar-refractivity contribution in [3.63, 3.8) is 0 Å². The summed E-state index contributed by atoms with van der Waals surface area (Å²) in [5.74, 6) is -0.215. The number of methoxy groups -OCH3 is 1. The number of alkyl halides is 3. The van der Waals surface area contributed by atoms with E-state index in [9.17, 15) is 18.0 Å². The van der Waals surface area contributed by atoms with Gasteiger partial charge in [0.1, 0.15) is 5.54 Å². The monoisotopic (exact) mass is 333 g/mol. The van der Waals surface area contributed by atoms with Gasteiger partial charge < -0.3 is 15.0 Å². The molecule has 1 saturated heterocycles. The van der Waals surface area contributed by atoms with Gasteiger partial charge in [-0.15, -0.1) is 0 Å². The highest BCUT2D eigenvalue weighted by Gasteiger charge is 2.59. The summed E-state index contributed by atoms with van der Waals surface area (Å²) in [6.07, 6.45) is -2.92. The standard InChI is InChI=1S/C13H18F3N5O2/c1-23-10-7-21(6-8(10)9-5-17-20-19-9)11(22)18-12(3-2-4-12)13(14,15)16/h5,8,10H,2-4,6-7H2,1H3,(H,18,22)(H,17,19,20)/t8-,10+/m0/s1. The van der Waals surface area contributed by atoms with Crippen LogP contribution in [0.3, 0.4) is 0 Å². The molecule has 7 nitrogen and oxygen atoms in total. The molecule has 2 N–H and O–H groups in total. The molecular weight excluding hydrogens is 315 g/mol. The molecule has 2 fully saturated rings. The van der Waals surface area contributed by atoms with Crippen molar-refractivity contribution in [2.45, 2.75) is 43.0 Å². The molecule has 10 heteroatoms. The maximum absolute atomic E-state index is 13.2. The third-order valence-electron chi connectivity index (χ3n) is 4.77. The minimum absolute atomic E-state index is 0.0729. The number of aromatic nitrogens is 3. The third-order valence-corrected chi connectivity index (χ3v) is 4.77. The molecule has 0 spiro atoms. The molecule has 1 aliphatic carbocycles. The summed E-state index contributed by atoms with van der Waals surface area (Å²) < 4.78 is 44.8. The molecule has 2 amide bonds. The van der Waals surface area contributed by atoms with Gasteiger partial charge >= 0.3 is 12.2 Å². The average molecular weight is 333 g/mol. The van der Waals surface area contributed by atoms with E-state index in [1.54, 1.807) is 0 Å². The molecule has 23 heavy (non-hydrogen) atoms. The van der Waals surface area contributed by atoms with Gasteiger partial charge in [-0.1, -0.05) is 0 Å². The zero-order chi connectivity index (χ0) is 16.7. The quantitative estimate of drug-likeness (QED) is 0.876. The molecule has 2 aliphatic rings. The number of carbonyl (C=O) groups excluding carboxylic acids is 1. The molecule has 2 heterocycles. The van der Waals surface area contributed by atoms with Crippen molar-refractivity contribution in [1.82, 2.24) is 25.6 Å². The maximum atomic E-state index is 13.2. The van der Waals surface area contributed by atoms with Crippen LogP contribution in [0.2, 0.25) is 0 Å². The number of hydrogen-bond donors (Lipinski definition) is 2. The Hall–Kier alpha value is -1.84. The van der Waals surface area contributed by atoms with Crippen molar-refractivity contribution in [1.29, 1.82) is 0 Å². The summed E-state index contributed by atoms with van der Waals surface area (Å²) in [6, 6.07) is -0.713. The molecule has 3 rings (SSSR count). The Labute approximate surface area is 130 Å². The number of ether oxygens (including phenoxy) is 1. The van der Waals surface area contributed by atoms with Crippen LogP contribution < -0.4 is 5.32 Å². The van der Waals surface area contributed by atoms with Crippen LogP contribution in [0.5, 0.6) is 0 Å². The van der Waals surface area contributed by atoms with Gasteiger partial charge in [0.15, 0.2) is 0 Å². The Morgan fingerprint density at radius 1 is 1.48 bits per heavy atom. The number of urea groups is 1. The molecule has 1 aromatic heterocycles. The molecule has 1 aromatic rings. The van der Waals surface area contributed by atoms with Crippen LogP contribution in [0.1, 0.15) is 30.9 Å². The summed E-state index contributed by atoms with van der Waals surface area (Å²) >= 11 is 0. The normalized spacial score (nSPS) is 26.9. The lowest BCUT2D eigenvalue weighted by Gasteiger charge is -2.44. The second-order valence-corrected chi connectivity index (χ2v) is 6.04. The largest absolute Gasteiger partial charge is 0.411 e. The molecular formula is C13H18F3N5O2. The van der Waals surface area contributed by atoms with Crippen molar-refractivity contribution < 1.29 is 22.7 Å². The Bertz CT molecular complexity index is 558. The number of likely N-dealkylation sites (tertiary alicyclic amines) is 1. The number of amides is 2. The second-order valence-electron chi connectivity index (χ2n) is 6.04. The van der Waals surface area contributed by atoms with Crippen molar-refractivity contribution in [3.8, 4) is 0 Å².